The number of ketones is 1. The summed E-state index contributed by atoms with van der Waals surface area (Å²) in [4.78, 5) is 16.5. The van der Waals surface area contributed by atoms with Gasteiger partial charge in [-0.1, -0.05) is 46.3 Å². The van der Waals surface area contributed by atoms with Crippen LogP contribution in [-0.2, 0) is 16.5 Å². The van der Waals surface area contributed by atoms with Crippen molar-refractivity contribution in [2.75, 3.05) is 0 Å². The standard InChI is InChI=1S/C18H16BrN3O/c19-11-12-4-6-13(7-5-12)15-2-1-3-18-20-17(21-22(15)18)10-16(23)14-8-9-14/h1-7,14H,8-11H2. The molecule has 23 heavy (non-hydrogen) atoms. The minimum Gasteiger partial charge on any atom is -0.299 e. The zero-order valence-corrected chi connectivity index (χ0v) is 14.2. The third-order valence-corrected chi connectivity index (χ3v) is 4.82. The maximum atomic E-state index is 12.0. The van der Waals surface area contributed by atoms with E-state index in [9.17, 15) is 4.79 Å². The molecule has 0 unspecified atom stereocenters. The molecule has 116 valence electrons. The zero-order chi connectivity index (χ0) is 15.8. The summed E-state index contributed by atoms with van der Waals surface area (Å²) in [6, 6.07) is 14.3. The number of aromatic nitrogens is 3. The van der Waals surface area contributed by atoms with Gasteiger partial charge in [-0.25, -0.2) is 9.50 Å². The van der Waals surface area contributed by atoms with Gasteiger partial charge >= 0.3 is 0 Å². The number of fused-ring (bicyclic) bond motifs is 1. The van der Waals surface area contributed by atoms with Gasteiger partial charge in [0, 0.05) is 16.8 Å². The molecule has 0 spiro atoms. The van der Waals surface area contributed by atoms with E-state index in [1.807, 2.05) is 22.7 Å². The molecule has 0 radical (unpaired) electrons. The summed E-state index contributed by atoms with van der Waals surface area (Å²) in [7, 11) is 0. The minimum atomic E-state index is 0.248. The van der Waals surface area contributed by atoms with Crippen LogP contribution in [0.3, 0.4) is 0 Å². The van der Waals surface area contributed by atoms with E-state index in [0.29, 0.717) is 12.2 Å². The second-order valence-electron chi connectivity index (χ2n) is 5.96. The fraction of sp³-hybridized carbons (Fsp3) is 0.278. The molecule has 2 aromatic heterocycles. The molecule has 1 aromatic carbocycles. The molecule has 0 bridgehead atoms. The Kier molecular flexibility index (Phi) is 3.73. The number of hydrogen-bond acceptors (Lipinski definition) is 3. The molecule has 2 heterocycles. The lowest BCUT2D eigenvalue weighted by molar-refractivity contribution is -0.119. The van der Waals surface area contributed by atoms with E-state index >= 15 is 0 Å². The van der Waals surface area contributed by atoms with Crippen molar-refractivity contribution in [2.45, 2.75) is 24.6 Å². The Hall–Kier alpha value is -2.01. The fourth-order valence-corrected chi connectivity index (χ4v) is 3.09. The van der Waals surface area contributed by atoms with Crippen molar-refractivity contribution >= 4 is 27.4 Å². The molecule has 0 atom stereocenters. The fourth-order valence-electron chi connectivity index (χ4n) is 2.71. The Labute approximate surface area is 142 Å². The molecule has 1 saturated carbocycles. The van der Waals surface area contributed by atoms with Gasteiger partial charge in [0.1, 0.15) is 5.78 Å². The van der Waals surface area contributed by atoms with Crippen molar-refractivity contribution in [1.29, 1.82) is 0 Å². The Morgan fingerprint density at radius 3 is 2.65 bits per heavy atom. The van der Waals surface area contributed by atoms with Crippen LogP contribution >= 0.6 is 15.9 Å². The van der Waals surface area contributed by atoms with Crippen molar-refractivity contribution < 1.29 is 4.79 Å². The summed E-state index contributed by atoms with van der Waals surface area (Å²) in [5.41, 5.74) is 4.09. The minimum absolute atomic E-state index is 0.248. The highest BCUT2D eigenvalue weighted by Crippen LogP contribution is 2.30. The molecule has 3 aromatic rings. The lowest BCUT2D eigenvalue weighted by Gasteiger charge is -2.05. The molecule has 4 rings (SSSR count). The van der Waals surface area contributed by atoms with Crippen molar-refractivity contribution in [3.05, 3.63) is 53.9 Å². The van der Waals surface area contributed by atoms with E-state index in [-0.39, 0.29) is 11.7 Å². The Morgan fingerprint density at radius 2 is 1.96 bits per heavy atom. The largest absolute Gasteiger partial charge is 0.299 e. The molecular weight excluding hydrogens is 354 g/mol. The van der Waals surface area contributed by atoms with Crippen molar-refractivity contribution in [2.24, 2.45) is 5.92 Å². The highest BCUT2D eigenvalue weighted by molar-refractivity contribution is 9.08. The number of hydrogen-bond donors (Lipinski definition) is 0. The molecule has 1 aliphatic carbocycles. The molecular formula is C18H16BrN3O. The third kappa shape index (κ3) is 2.93. The van der Waals surface area contributed by atoms with E-state index in [1.165, 1.54) is 5.56 Å². The van der Waals surface area contributed by atoms with E-state index < -0.39 is 0 Å². The van der Waals surface area contributed by atoms with E-state index in [1.54, 1.807) is 0 Å². The predicted molar refractivity (Wildman–Crippen MR) is 92.5 cm³/mol. The molecule has 0 saturated heterocycles. The zero-order valence-electron chi connectivity index (χ0n) is 12.6. The second kappa shape index (κ2) is 5.89. The van der Waals surface area contributed by atoms with Crippen molar-refractivity contribution in [3.63, 3.8) is 0 Å². The van der Waals surface area contributed by atoms with Crippen molar-refractivity contribution in [1.82, 2.24) is 14.6 Å². The lowest BCUT2D eigenvalue weighted by Crippen LogP contribution is -2.06. The molecule has 1 aliphatic rings. The molecule has 0 N–H and O–H groups in total. The highest BCUT2D eigenvalue weighted by atomic mass is 79.9. The van der Waals surface area contributed by atoms with Crippen LogP contribution in [0.15, 0.2) is 42.5 Å². The molecule has 1 fully saturated rings. The number of carbonyl (C=O) groups is 1. The SMILES string of the molecule is O=C(Cc1nc2cccc(-c3ccc(CBr)cc3)n2n1)C1CC1. The highest BCUT2D eigenvalue weighted by Gasteiger charge is 2.30. The number of pyridine rings is 1. The van der Waals surface area contributed by atoms with Crippen LogP contribution in [0.4, 0.5) is 0 Å². The first-order valence-electron chi connectivity index (χ1n) is 7.77. The monoisotopic (exact) mass is 369 g/mol. The van der Waals surface area contributed by atoms with Gasteiger partial charge < -0.3 is 0 Å². The molecule has 0 aliphatic heterocycles. The summed E-state index contributed by atoms with van der Waals surface area (Å²) < 4.78 is 1.83. The number of halogens is 1. The summed E-state index contributed by atoms with van der Waals surface area (Å²) in [5, 5.41) is 5.40. The first-order chi connectivity index (χ1) is 11.2. The van der Waals surface area contributed by atoms with Crippen molar-refractivity contribution in [3.8, 4) is 11.3 Å². The lowest BCUT2D eigenvalue weighted by atomic mass is 10.1. The van der Waals surface area contributed by atoms with Crippen LogP contribution < -0.4 is 0 Å². The first kappa shape index (κ1) is 14.6. The van der Waals surface area contributed by atoms with Crippen LogP contribution in [0, 0.1) is 5.92 Å². The Bertz CT molecular complexity index is 866. The predicted octanol–water partition coefficient (Wildman–Crippen LogP) is 3.81. The normalized spacial score (nSPS) is 14.3. The van der Waals surface area contributed by atoms with Gasteiger partial charge in [-0.05, 0) is 30.5 Å². The number of carbonyl (C=O) groups excluding carboxylic acids is 1. The van der Waals surface area contributed by atoms with Gasteiger partial charge in [0.25, 0.3) is 0 Å². The van der Waals surface area contributed by atoms with Crippen LogP contribution in [0.2, 0.25) is 0 Å². The van der Waals surface area contributed by atoms with Crippen LogP contribution in [0.1, 0.15) is 24.2 Å². The van der Waals surface area contributed by atoms with Gasteiger partial charge in [-0.3, -0.25) is 4.79 Å². The van der Waals surface area contributed by atoms with Gasteiger partial charge in [0.15, 0.2) is 11.5 Å². The average Bonchev–Trinajstić information content (AvgIpc) is 3.35. The number of alkyl halides is 1. The van der Waals surface area contributed by atoms with Crippen LogP contribution in [0.25, 0.3) is 16.9 Å². The number of nitrogens with zero attached hydrogens (tertiary/aromatic N) is 3. The molecule has 0 amide bonds. The number of rotatable bonds is 5. The molecule has 4 nitrogen and oxygen atoms in total. The van der Waals surface area contributed by atoms with E-state index in [4.69, 9.17) is 0 Å². The second-order valence-corrected chi connectivity index (χ2v) is 6.52. The van der Waals surface area contributed by atoms with Gasteiger partial charge in [-0.2, -0.15) is 5.10 Å². The van der Waals surface area contributed by atoms with Crippen LogP contribution in [-0.4, -0.2) is 20.4 Å². The first-order valence-corrected chi connectivity index (χ1v) is 8.89. The topological polar surface area (TPSA) is 47.3 Å². The van der Waals surface area contributed by atoms with E-state index in [0.717, 1.165) is 35.1 Å². The quantitative estimate of drug-likeness (QED) is 0.642. The molecule has 5 heteroatoms. The summed E-state index contributed by atoms with van der Waals surface area (Å²) in [5.74, 6) is 1.13. The maximum Gasteiger partial charge on any atom is 0.159 e. The van der Waals surface area contributed by atoms with Crippen LogP contribution in [0.5, 0.6) is 0 Å². The Balaban J connectivity index is 1.71. The summed E-state index contributed by atoms with van der Waals surface area (Å²) in [6.45, 7) is 0. The van der Waals surface area contributed by atoms with Gasteiger partial charge in [0.2, 0.25) is 0 Å². The van der Waals surface area contributed by atoms with E-state index in [2.05, 4.69) is 50.3 Å². The van der Waals surface area contributed by atoms with Gasteiger partial charge in [0.05, 0.1) is 12.1 Å². The van der Waals surface area contributed by atoms with Gasteiger partial charge in [-0.15, -0.1) is 0 Å². The Morgan fingerprint density at radius 1 is 1.17 bits per heavy atom. The average molecular weight is 370 g/mol. The summed E-state index contributed by atoms with van der Waals surface area (Å²) >= 11 is 3.46. The smallest absolute Gasteiger partial charge is 0.159 e. The maximum absolute atomic E-state index is 12.0. The third-order valence-electron chi connectivity index (χ3n) is 4.17. The number of benzene rings is 1. The number of Topliss-reactive ketones (excluding diaryl/α,β-unsaturated/α-hetero) is 1. The summed E-state index contributed by atoms with van der Waals surface area (Å²) in [6.07, 6.45) is 2.39.